The number of azo groups is 1. The third-order valence-corrected chi connectivity index (χ3v) is 4.97. The molecule has 3 rings (SSSR count). The maximum atomic E-state index is 13.6. The van der Waals surface area contributed by atoms with Gasteiger partial charge in [-0.05, 0) is 38.0 Å². The molecule has 0 bridgehead atoms. The predicted octanol–water partition coefficient (Wildman–Crippen LogP) is 5.06. The van der Waals surface area contributed by atoms with Crippen molar-refractivity contribution in [1.29, 1.82) is 0 Å². The molecule has 1 N–H and O–H groups in total. The molecule has 0 amide bonds. The Kier molecular flexibility index (Phi) is 6.70. The van der Waals surface area contributed by atoms with E-state index in [9.17, 15) is 22.4 Å². The smallest absolute Gasteiger partial charge is 0.369 e. The predicted molar refractivity (Wildman–Crippen MR) is 96.2 cm³/mol. The number of halogens is 4. The van der Waals surface area contributed by atoms with E-state index < -0.39 is 28.5 Å². The van der Waals surface area contributed by atoms with Crippen molar-refractivity contribution in [2.75, 3.05) is 11.4 Å². The average Bonchev–Trinajstić information content (AvgIpc) is 3.28. The first-order chi connectivity index (χ1) is 14.2. The summed E-state index contributed by atoms with van der Waals surface area (Å²) in [5, 5.41) is 22.6. The van der Waals surface area contributed by atoms with Crippen LogP contribution < -0.4 is 4.90 Å². The number of rotatable bonds is 6. The van der Waals surface area contributed by atoms with E-state index in [1.807, 2.05) is 0 Å². The van der Waals surface area contributed by atoms with Crippen LogP contribution in [0.2, 0.25) is 0 Å². The van der Waals surface area contributed by atoms with Gasteiger partial charge in [0.15, 0.2) is 5.82 Å². The summed E-state index contributed by atoms with van der Waals surface area (Å²) >= 11 is 0.618. The second-order valence-electron chi connectivity index (χ2n) is 6.30. The van der Waals surface area contributed by atoms with Crippen LogP contribution in [0.15, 0.2) is 39.4 Å². The van der Waals surface area contributed by atoms with Crippen molar-refractivity contribution in [1.82, 2.24) is 9.78 Å². The van der Waals surface area contributed by atoms with E-state index in [1.54, 1.807) is 18.2 Å². The van der Waals surface area contributed by atoms with Crippen LogP contribution in [0, 0.1) is 5.95 Å². The Morgan fingerprint density at radius 2 is 2.10 bits per heavy atom. The van der Waals surface area contributed by atoms with Gasteiger partial charge in [-0.25, -0.2) is 5.26 Å². The minimum Gasteiger partial charge on any atom is -0.369 e. The summed E-state index contributed by atoms with van der Waals surface area (Å²) in [6.07, 6.45) is -3.23. The highest BCUT2D eigenvalue weighted by molar-refractivity contribution is 7.94. The number of aromatic nitrogens is 2. The number of nitrogens with zero attached hydrogens (tertiary/aromatic N) is 5. The van der Waals surface area contributed by atoms with E-state index in [0.29, 0.717) is 29.0 Å². The van der Waals surface area contributed by atoms with E-state index in [4.69, 9.17) is 5.26 Å². The zero-order valence-electron chi connectivity index (χ0n) is 15.3. The molecule has 2 heterocycles. The lowest BCUT2D eigenvalue weighted by Crippen LogP contribution is -2.30. The van der Waals surface area contributed by atoms with Gasteiger partial charge in [0, 0.05) is 24.3 Å². The number of benzene rings is 1. The van der Waals surface area contributed by atoms with E-state index in [2.05, 4.69) is 36.5 Å². The topological polar surface area (TPSA) is 102 Å². The molecule has 1 aliphatic heterocycles. The van der Waals surface area contributed by atoms with Gasteiger partial charge in [-0.3, -0.25) is 4.79 Å². The zero-order valence-corrected chi connectivity index (χ0v) is 16.2. The van der Waals surface area contributed by atoms with Crippen molar-refractivity contribution >= 4 is 35.1 Å². The third-order valence-electron chi connectivity index (χ3n) is 4.33. The minimum atomic E-state index is -5.30. The number of hydrogen-bond donors (Lipinski definition) is 1. The number of anilines is 1. The van der Waals surface area contributed by atoms with Gasteiger partial charge in [0.1, 0.15) is 5.69 Å². The molecule has 1 unspecified atom stereocenters. The van der Waals surface area contributed by atoms with Gasteiger partial charge < -0.3 is 4.90 Å². The van der Waals surface area contributed by atoms with Crippen LogP contribution in [0.4, 0.5) is 34.8 Å². The highest BCUT2D eigenvalue weighted by Crippen LogP contribution is 2.37. The maximum Gasteiger partial charge on any atom is 0.473 e. The van der Waals surface area contributed by atoms with Crippen LogP contribution in [0.25, 0.3) is 0 Å². The van der Waals surface area contributed by atoms with Crippen LogP contribution in [-0.4, -0.2) is 39.7 Å². The standard InChI is InChI=1S/C16H15F4N5O4S/c1-9-3-2-6-24(9)10-4-5-11(12(7-10)30-29-28-27)21-22-14-8-13(17)25(23-14)15(26)16(18,19)20/h4-5,7-9,27H,2-3,6H2,1H3. The molecule has 1 atom stereocenters. The van der Waals surface area contributed by atoms with Gasteiger partial charge in [0.2, 0.25) is 5.95 Å². The molecule has 162 valence electrons. The Morgan fingerprint density at radius 1 is 1.33 bits per heavy atom. The molecule has 2 aromatic rings. The largest absolute Gasteiger partial charge is 0.473 e. The molecular weight excluding hydrogens is 434 g/mol. The summed E-state index contributed by atoms with van der Waals surface area (Å²) in [4.78, 5) is 13.7. The second-order valence-corrected chi connectivity index (χ2v) is 7.05. The van der Waals surface area contributed by atoms with Crippen LogP contribution in [0.1, 0.15) is 24.6 Å². The quantitative estimate of drug-likeness (QED) is 0.216. The van der Waals surface area contributed by atoms with Gasteiger partial charge in [0.05, 0.1) is 16.9 Å². The van der Waals surface area contributed by atoms with Crippen LogP contribution >= 0.6 is 12.0 Å². The molecule has 30 heavy (non-hydrogen) atoms. The second kappa shape index (κ2) is 9.07. The number of carbonyl (C=O) groups is 1. The van der Waals surface area contributed by atoms with Crippen molar-refractivity contribution in [2.24, 2.45) is 10.2 Å². The molecule has 9 nitrogen and oxygen atoms in total. The van der Waals surface area contributed by atoms with Gasteiger partial charge in [-0.15, -0.1) is 19.7 Å². The summed E-state index contributed by atoms with van der Waals surface area (Å²) in [7, 11) is 0. The van der Waals surface area contributed by atoms with Gasteiger partial charge in [-0.1, -0.05) is 5.04 Å². The van der Waals surface area contributed by atoms with E-state index in [-0.39, 0.29) is 5.69 Å². The first-order valence-electron chi connectivity index (χ1n) is 8.55. The molecule has 0 radical (unpaired) electrons. The summed E-state index contributed by atoms with van der Waals surface area (Å²) in [5.41, 5.74) is 1.04. The van der Waals surface area contributed by atoms with Gasteiger partial charge in [-0.2, -0.15) is 22.2 Å². The van der Waals surface area contributed by atoms with E-state index in [1.165, 1.54) is 0 Å². The van der Waals surface area contributed by atoms with E-state index in [0.717, 1.165) is 25.1 Å². The molecule has 1 fully saturated rings. The summed E-state index contributed by atoms with van der Waals surface area (Å²) < 4.78 is 55.0. The first-order valence-corrected chi connectivity index (χ1v) is 9.29. The fourth-order valence-corrected chi connectivity index (χ4v) is 3.43. The third kappa shape index (κ3) is 4.95. The lowest BCUT2D eigenvalue weighted by molar-refractivity contribution is -0.432. The van der Waals surface area contributed by atoms with Gasteiger partial charge >= 0.3 is 12.1 Å². The minimum absolute atomic E-state index is 0.185. The first kappa shape index (κ1) is 22.1. The number of carbonyl (C=O) groups excluding carboxylic acids is 1. The highest BCUT2D eigenvalue weighted by Gasteiger charge is 2.42. The number of alkyl halides is 3. The Labute approximate surface area is 171 Å². The van der Waals surface area contributed by atoms with Gasteiger partial charge in [0.25, 0.3) is 0 Å². The average molecular weight is 449 g/mol. The fraction of sp³-hybridized carbons (Fsp3) is 0.375. The van der Waals surface area contributed by atoms with Crippen molar-refractivity contribution < 1.29 is 37.0 Å². The molecule has 0 aliphatic carbocycles. The lowest BCUT2D eigenvalue weighted by Gasteiger charge is -2.24. The monoisotopic (exact) mass is 449 g/mol. The Balaban J connectivity index is 1.86. The molecule has 0 saturated carbocycles. The Morgan fingerprint density at radius 3 is 2.73 bits per heavy atom. The number of hydrogen-bond acceptors (Lipinski definition) is 9. The fourth-order valence-electron chi connectivity index (χ4n) is 2.96. The van der Waals surface area contributed by atoms with E-state index >= 15 is 0 Å². The molecule has 1 aromatic carbocycles. The molecule has 14 heteroatoms. The molecular formula is C16H15F4N5O4S. The SMILES string of the molecule is CC1CCCN1c1ccc(N=Nc2cc(F)n(C(=O)C(F)(F)F)n2)c(SOOO)c1. The van der Waals surface area contributed by atoms with Crippen LogP contribution in [0.3, 0.4) is 0 Å². The summed E-state index contributed by atoms with van der Waals surface area (Å²) in [6.45, 7) is 2.93. The molecule has 0 spiro atoms. The Bertz CT molecular complexity index is 952. The Hall–Kier alpha value is -2.55. The van der Waals surface area contributed by atoms with Crippen molar-refractivity contribution in [3.05, 3.63) is 30.2 Å². The van der Waals surface area contributed by atoms with Crippen molar-refractivity contribution in [3.8, 4) is 0 Å². The zero-order chi connectivity index (χ0) is 21.9. The summed E-state index contributed by atoms with van der Waals surface area (Å²) in [5.74, 6) is -4.57. The molecule has 1 saturated heterocycles. The normalized spacial score (nSPS) is 17.3. The lowest BCUT2D eigenvalue weighted by atomic mass is 10.2. The summed E-state index contributed by atoms with van der Waals surface area (Å²) in [6, 6.07) is 5.87. The molecule has 1 aliphatic rings. The van der Waals surface area contributed by atoms with Crippen LogP contribution in [0.5, 0.6) is 0 Å². The van der Waals surface area contributed by atoms with Crippen LogP contribution in [-0.2, 0) is 9.37 Å². The molecule has 1 aromatic heterocycles. The van der Waals surface area contributed by atoms with Crippen molar-refractivity contribution in [3.63, 3.8) is 0 Å². The van der Waals surface area contributed by atoms with Crippen molar-refractivity contribution in [2.45, 2.75) is 36.9 Å². The highest BCUT2D eigenvalue weighted by atomic mass is 32.2. The maximum absolute atomic E-state index is 13.6.